The Balaban J connectivity index is 1.72. The largest absolute Gasteiger partial charge is 0.497 e. The maximum absolute atomic E-state index is 13.8. The highest BCUT2D eigenvalue weighted by Crippen LogP contribution is 2.17. The average Bonchev–Trinajstić information content (AvgIpc) is 3.09. The first-order chi connectivity index (χ1) is 12.1. The molecular formula is C18H15F2N3O2. The number of benzene rings is 2. The standard InChI is InChI=1S/C18H15F2N3O2/c1-25-13-5-2-4-12(10-13)11-21-18(24)16-8-9-23(22-16)17-14(19)6-3-7-15(17)20/h2-10H,11H2,1H3,(H,21,24). The Morgan fingerprint density at radius 2 is 1.88 bits per heavy atom. The highest BCUT2D eigenvalue weighted by molar-refractivity contribution is 5.92. The lowest BCUT2D eigenvalue weighted by Crippen LogP contribution is -2.23. The molecule has 0 radical (unpaired) electrons. The first kappa shape index (κ1) is 16.6. The van der Waals surface area contributed by atoms with Crippen molar-refractivity contribution in [3.63, 3.8) is 0 Å². The van der Waals surface area contributed by atoms with Crippen molar-refractivity contribution in [2.75, 3.05) is 7.11 Å². The van der Waals surface area contributed by atoms with E-state index in [0.717, 1.165) is 22.4 Å². The number of nitrogens with one attached hydrogen (secondary N) is 1. The number of rotatable bonds is 5. The van der Waals surface area contributed by atoms with Crippen LogP contribution in [0.15, 0.2) is 54.7 Å². The molecular weight excluding hydrogens is 328 g/mol. The number of hydrogen-bond acceptors (Lipinski definition) is 3. The number of methoxy groups -OCH3 is 1. The van der Waals surface area contributed by atoms with Crippen LogP contribution in [0, 0.1) is 11.6 Å². The van der Waals surface area contributed by atoms with Crippen LogP contribution in [0.5, 0.6) is 5.75 Å². The fourth-order valence-corrected chi connectivity index (χ4v) is 2.33. The van der Waals surface area contributed by atoms with E-state index in [1.165, 1.54) is 18.3 Å². The van der Waals surface area contributed by atoms with Crippen molar-refractivity contribution in [3.8, 4) is 11.4 Å². The molecule has 7 heteroatoms. The van der Waals surface area contributed by atoms with Crippen LogP contribution < -0.4 is 10.1 Å². The molecule has 0 aliphatic carbocycles. The van der Waals surface area contributed by atoms with Crippen LogP contribution in [-0.2, 0) is 6.54 Å². The van der Waals surface area contributed by atoms with E-state index in [0.29, 0.717) is 5.75 Å². The third-order valence-electron chi connectivity index (χ3n) is 3.58. The molecule has 5 nitrogen and oxygen atoms in total. The lowest BCUT2D eigenvalue weighted by Gasteiger charge is -2.06. The molecule has 1 aromatic heterocycles. The normalized spacial score (nSPS) is 10.5. The number of amides is 1. The zero-order valence-corrected chi connectivity index (χ0v) is 13.4. The molecule has 3 rings (SSSR count). The van der Waals surface area contributed by atoms with Gasteiger partial charge in [0.15, 0.2) is 17.3 Å². The first-order valence-electron chi connectivity index (χ1n) is 7.49. The summed E-state index contributed by atoms with van der Waals surface area (Å²) in [5.41, 5.74) is 0.590. The molecule has 3 aromatic rings. The minimum atomic E-state index is -0.758. The van der Waals surface area contributed by atoms with E-state index in [9.17, 15) is 13.6 Å². The molecule has 1 amide bonds. The maximum atomic E-state index is 13.8. The third kappa shape index (κ3) is 3.65. The van der Waals surface area contributed by atoms with Crippen molar-refractivity contribution < 1.29 is 18.3 Å². The van der Waals surface area contributed by atoms with Gasteiger partial charge in [0.1, 0.15) is 11.4 Å². The lowest BCUT2D eigenvalue weighted by molar-refractivity contribution is 0.0945. The van der Waals surface area contributed by atoms with Gasteiger partial charge in [-0.15, -0.1) is 0 Å². The Kier molecular flexibility index (Phi) is 4.74. The van der Waals surface area contributed by atoms with Crippen LogP contribution in [-0.4, -0.2) is 22.8 Å². The van der Waals surface area contributed by atoms with Gasteiger partial charge in [0.05, 0.1) is 7.11 Å². The van der Waals surface area contributed by atoms with Gasteiger partial charge >= 0.3 is 0 Å². The first-order valence-corrected chi connectivity index (χ1v) is 7.49. The molecule has 25 heavy (non-hydrogen) atoms. The van der Waals surface area contributed by atoms with Crippen molar-refractivity contribution in [1.29, 1.82) is 0 Å². The molecule has 0 atom stereocenters. The molecule has 0 aliphatic rings. The number of nitrogens with zero attached hydrogens (tertiary/aromatic N) is 2. The summed E-state index contributed by atoms with van der Waals surface area (Å²) in [4.78, 5) is 12.2. The summed E-state index contributed by atoms with van der Waals surface area (Å²) in [6.45, 7) is 0.275. The number of carbonyl (C=O) groups is 1. The topological polar surface area (TPSA) is 56.1 Å². The van der Waals surface area contributed by atoms with Crippen LogP contribution in [0.3, 0.4) is 0 Å². The Bertz CT molecular complexity index is 889. The Labute approximate surface area is 142 Å². The van der Waals surface area contributed by atoms with Crippen molar-refractivity contribution in [2.45, 2.75) is 6.54 Å². The number of ether oxygens (including phenoxy) is 1. The monoisotopic (exact) mass is 343 g/mol. The number of carbonyl (C=O) groups excluding carboxylic acids is 1. The zero-order valence-electron chi connectivity index (χ0n) is 13.4. The molecule has 0 aliphatic heterocycles. The van der Waals surface area contributed by atoms with Crippen molar-refractivity contribution in [3.05, 3.63) is 77.6 Å². The van der Waals surface area contributed by atoms with Crippen LogP contribution in [0.25, 0.3) is 5.69 Å². The number of halogens is 2. The van der Waals surface area contributed by atoms with Gasteiger partial charge < -0.3 is 10.1 Å². The van der Waals surface area contributed by atoms with Gasteiger partial charge in [0.2, 0.25) is 0 Å². The molecule has 0 bridgehead atoms. The third-order valence-corrected chi connectivity index (χ3v) is 3.58. The molecule has 2 aromatic carbocycles. The summed E-state index contributed by atoms with van der Waals surface area (Å²) >= 11 is 0. The van der Waals surface area contributed by atoms with Gasteiger partial charge in [-0.05, 0) is 35.9 Å². The minimum absolute atomic E-state index is 0.0607. The van der Waals surface area contributed by atoms with E-state index >= 15 is 0 Å². The van der Waals surface area contributed by atoms with E-state index in [4.69, 9.17) is 4.74 Å². The Morgan fingerprint density at radius 1 is 1.16 bits per heavy atom. The molecule has 1 N–H and O–H groups in total. The quantitative estimate of drug-likeness (QED) is 0.774. The van der Waals surface area contributed by atoms with E-state index in [2.05, 4.69) is 10.4 Å². The summed E-state index contributed by atoms with van der Waals surface area (Å²) < 4.78 is 33.7. The predicted molar refractivity (Wildman–Crippen MR) is 87.6 cm³/mol. The van der Waals surface area contributed by atoms with Crippen molar-refractivity contribution >= 4 is 5.91 Å². The Morgan fingerprint density at radius 3 is 2.60 bits per heavy atom. The van der Waals surface area contributed by atoms with Crippen LogP contribution in [0.1, 0.15) is 16.1 Å². The van der Waals surface area contributed by atoms with Crippen molar-refractivity contribution in [1.82, 2.24) is 15.1 Å². The number of hydrogen-bond donors (Lipinski definition) is 1. The Hall–Kier alpha value is -3.22. The average molecular weight is 343 g/mol. The van der Waals surface area contributed by atoms with Crippen LogP contribution in [0.2, 0.25) is 0 Å². The smallest absolute Gasteiger partial charge is 0.272 e. The fourth-order valence-electron chi connectivity index (χ4n) is 2.33. The summed E-state index contributed by atoms with van der Waals surface area (Å²) in [6.07, 6.45) is 1.34. The molecule has 128 valence electrons. The number of para-hydroxylation sites is 1. The van der Waals surface area contributed by atoms with E-state index < -0.39 is 17.5 Å². The SMILES string of the molecule is COc1cccc(CNC(=O)c2ccn(-c3c(F)cccc3F)n2)c1. The van der Waals surface area contributed by atoms with Gasteiger partial charge in [-0.25, -0.2) is 13.5 Å². The highest BCUT2D eigenvalue weighted by atomic mass is 19.1. The summed E-state index contributed by atoms with van der Waals surface area (Å²) in [6, 6.07) is 12.2. The van der Waals surface area contributed by atoms with Crippen LogP contribution in [0.4, 0.5) is 8.78 Å². The van der Waals surface area contributed by atoms with Gasteiger partial charge in [0, 0.05) is 12.7 Å². The highest BCUT2D eigenvalue weighted by Gasteiger charge is 2.15. The molecule has 0 saturated carbocycles. The number of aromatic nitrogens is 2. The molecule has 0 unspecified atom stereocenters. The maximum Gasteiger partial charge on any atom is 0.272 e. The van der Waals surface area contributed by atoms with Gasteiger partial charge in [-0.2, -0.15) is 5.10 Å². The van der Waals surface area contributed by atoms with Crippen molar-refractivity contribution in [2.24, 2.45) is 0 Å². The van der Waals surface area contributed by atoms with Gasteiger partial charge in [-0.3, -0.25) is 4.79 Å². The summed E-state index contributed by atoms with van der Waals surface area (Å²) in [5, 5.41) is 6.65. The molecule has 0 saturated heterocycles. The second-order valence-electron chi connectivity index (χ2n) is 5.25. The summed E-state index contributed by atoms with van der Waals surface area (Å²) in [5.74, 6) is -1.28. The summed E-state index contributed by atoms with van der Waals surface area (Å²) in [7, 11) is 1.56. The van der Waals surface area contributed by atoms with Crippen LogP contribution >= 0.6 is 0 Å². The van der Waals surface area contributed by atoms with E-state index in [-0.39, 0.29) is 17.9 Å². The predicted octanol–water partition coefficient (Wildman–Crippen LogP) is 3.09. The fraction of sp³-hybridized carbons (Fsp3) is 0.111. The minimum Gasteiger partial charge on any atom is -0.497 e. The molecule has 0 spiro atoms. The van der Waals surface area contributed by atoms with E-state index in [1.807, 2.05) is 12.1 Å². The van der Waals surface area contributed by atoms with Gasteiger partial charge in [-0.1, -0.05) is 18.2 Å². The molecule has 1 heterocycles. The lowest BCUT2D eigenvalue weighted by atomic mass is 10.2. The van der Waals surface area contributed by atoms with Gasteiger partial charge in [0.25, 0.3) is 5.91 Å². The zero-order chi connectivity index (χ0) is 17.8. The van der Waals surface area contributed by atoms with E-state index in [1.54, 1.807) is 19.2 Å². The molecule has 0 fully saturated rings. The second-order valence-corrected chi connectivity index (χ2v) is 5.25. The second kappa shape index (κ2) is 7.12.